The lowest BCUT2D eigenvalue weighted by Gasteiger charge is -2.16. The van der Waals surface area contributed by atoms with Crippen LogP contribution in [0.25, 0.3) is 0 Å². The lowest BCUT2D eigenvalue weighted by atomic mass is 10.3. The van der Waals surface area contributed by atoms with Crippen LogP contribution in [-0.4, -0.2) is 13.4 Å². The van der Waals surface area contributed by atoms with Crippen LogP contribution in [0.3, 0.4) is 0 Å². The molecule has 1 aromatic carbocycles. The summed E-state index contributed by atoms with van der Waals surface area (Å²) in [6, 6.07) is 6.14. The lowest BCUT2D eigenvalue weighted by molar-refractivity contribution is 0.549. The molecule has 0 amide bonds. The third-order valence-corrected chi connectivity index (χ3v) is 5.21. The summed E-state index contributed by atoms with van der Waals surface area (Å²) in [5.41, 5.74) is 2.75. The fourth-order valence-corrected chi connectivity index (χ4v) is 4.09. The highest BCUT2D eigenvalue weighted by molar-refractivity contribution is 7.89. The Morgan fingerprint density at radius 3 is 2.75 bits per heavy atom. The summed E-state index contributed by atoms with van der Waals surface area (Å²) in [5.74, 6) is 5.35. The first kappa shape index (κ1) is 14.9. The summed E-state index contributed by atoms with van der Waals surface area (Å²) in [6.07, 6.45) is 2.28. The number of aromatic nitrogens is 1. The summed E-state index contributed by atoms with van der Waals surface area (Å²) in [7, 11) is -3.67. The minimum atomic E-state index is -3.67. The van der Waals surface area contributed by atoms with Gasteiger partial charge in [-0.1, -0.05) is 19.1 Å². The van der Waals surface area contributed by atoms with E-state index in [1.165, 1.54) is 17.4 Å². The molecule has 1 aromatic heterocycles. The molecule has 0 aliphatic carbocycles. The molecular weight excluding hydrogens is 296 g/mol. The van der Waals surface area contributed by atoms with Crippen LogP contribution >= 0.6 is 11.3 Å². The number of thiazole rings is 1. The number of nitrogens with one attached hydrogen (secondary N) is 2. The van der Waals surface area contributed by atoms with Crippen LogP contribution in [0, 0.1) is 0 Å². The molecule has 0 bridgehead atoms. The van der Waals surface area contributed by atoms with Gasteiger partial charge in [0.05, 0.1) is 11.7 Å². The predicted octanol–water partition coefficient (Wildman–Crippen LogP) is 1.86. The van der Waals surface area contributed by atoms with Gasteiger partial charge in [0.1, 0.15) is 9.90 Å². The van der Waals surface area contributed by atoms with E-state index in [-0.39, 0.29) is 10.9 Å². The Hall–Kier alpha value is -1.48. The van der Waals surface area contributed by atoms with Gasteiger partial charge in [0, 0.05) is 11.6 Å². The minimum Gasteiger partial charge on any atom is -0.323 e. The third kappa shape index (κ3) is 3.15. The first-order valence-electron chi connectivity index (χ1n) is 6.06. The maximum absolute atomic E-state index is 12.4. The van der Waals surface area contributed by atoms with Crippen molar-refractivity contribution in [1.82, 2.24) is 9.71 Å². The largest absolute Gasteiger partial charge is 0.323 e. The zero-order valence-electron chi connectivity index (χ0n) is 10.9. The maximum atomic E-state index is 12.4. The molecule has 6 nitrogen and oxygen atoms in total. The van der Waals surface area contributed by atoms with Crippen LogP contribution in [0.1, 0.15) is 24.4 Å². The number of anilines is 1. The van der Waals surface area contributed by atoms with E-state index in [0.29, 0.717) is 12.1 Å². The van der Waals surface area contributed by atoms with Gasteiger partial charge in [0.15, 0.2) is 0 Å². The van der Waals surface area contributed by atoms with Gasteiger partial charge < -0.3 is 5.43 Å². The van der Waals surface area contributed by atoms with Gasteiger partial charge in [0.25, 0.3) is 0 Å². The van der Waals surface area contributed by atoms with E-state index >= 15 is 0 Å². The molecule has 0 radical (unpaired) electrons. The summed E-state index contributed by atoms with van der Waals surface area (Å²) in [5, 5.41) is 2.57. The van der Waals surface area contributed by atoms with Crippen molar-refractivity contribution in [2.45, 2.75) is 24.3 Å². The maximum Gasteiger partial charge on any atom is 0.243 e. The van der Waals surface area contributed by atoms with Crippen molar-refractivity contribution in [2.24, 2.45) is 5.84 Å². The Bertz CT molecular complexity index is 656. The Kier molecular flexibility index (Phi) is 4.71. The normalized spacial score (nSPS) is 13.1. The molecule has 1 atom stereocenters. The smallest absolute Gasteiger partial charge is 0.243 e. The third-order valence-electron chi connectivity index (χ3n) is 2.79. The van der Waals surface area contributed by atoms with Gasteiger partial charge in [-0.05, 0) is 18.6 Å². The van der Waals surface area contributed by atoms with E-state index in [9.17, 15) is 8.42 Å². The highest BCUT2D eigenvalue weighted by Crippen LogP contribution is 2.25. The predicted molar refractivity (Wildman–Crippen MR) is 79.7 cm³/mol. The number of sulfonamides is 1. The van der Waals surface area contributed by atoms with Crippen LogP contribution in [0.4, 0.5) is 5.69 Å². The molecule has 108 valence electrons. The molecule has 20 heavy (non-hydrogen) atoms. The van der Waals surface area contributed by atoms with Gasteiger partial charge in [-0.15, -0.1) is 11.3 Å². The quantitative estimate of drug-likeness (QED) is 0.559. The second-order valence-electron chi connectivity index (χ2n) is 4.09. The van der Waals surface area contributed by atoms with Crippen LogP contribution < -0.4 is 16.0 Å². The topological polar surface area (TPSA) is 97.1 Å². The summed E-state index contributed by atoms with van der Waals surface area (Å²) >= 11 is 1.42. The molecule has 2 aromatic rings. The number of nitrogens with two attached hydrogens (primary N) is 1. The zero-order valence-corrected chi connectivity index (χ0v) is 12.5. The lowest BCUT2D eigenvalue weighted by Crippen LogP contribution is -2.29. The van der Waals surface area contributed by atoms with E-state index in [2.05, 4.69) is 15.1 Å². The molecule has 0 aliphatic rings. The van der Waals surface area contributed by atoms with E-state index < -0.39 is 10.0 Å². The average Bonchev–Trinajstić information content (AvgIpc) is 2.98. The van der Waals surface area contributed by atoms with Crippen molar-refractivity contribution in [3.8, 4) is 0 Å². The fourth-order valence-electron chi connectivity index (χ4n) is 1.79. The van der Waals surface area contributed by atoms with Gasteiger partial charge in [-0.3, -0.25) is 5.84 Å². The van der Waals surface area contributed by atoms with Crippen LogP contribution in [0.15, 0.2) is 40.7 Å². The number of nitrogen functional groups attached to an aromatic ring is 1. The van der Waals surface area contributed by atoms with Gasteiger partial charge in [-0.2, -0.15) is 0 Å². The minimum absolute atomic E-state index is 0.123. The molecule has 0 saturated heterocycles. The molecular formula is C12H16N4O2S2. The van der Waals surface area contributed by atoms with Crippen molar-refractivity contribution in [1.29, 1.82) is 0 Å². The number of nitrogens with zero attached hydrogens (tertiary/aromatic N) is 1. The van der Waals surface area contributed by atoms with Gasteiger partial charge in [-0.25, -0.2) is 18.1 Å². The summed E-state index contributed by atoms with van der Waals surface area (Å²) in [4.78, 5) is 4.28. The average molecular weight is 312 g/mol. The van der Waals surface area contributed by atoms with Gasteiger partial charge >= 0.3 is 0 Å². The van der Waals surface area contributed by atoms with Crippen molar-refractivity contribution in [3.63, 3.8) is 0 Å². The first-order chi connectivity index (χ1) is 9.58. The molecule has 4 N–H and O–H groups in total. The SMILES string of the molecule is CCC(NS(=O)(=O)c1ccccc1NN)c1nccs1. The number of benzene rings is 1. The monoisotopic (exact) mass is 312 g/mol. The molecule has 1 unspecified atom stereocenters. The number of para-hydroxylation sites is 1. The standard InChI is InChI=1S/C12H16N4O2S2/c1-2-9(12-14-7-8-19-12)16-20(17,18)11-6-4-3-5-10(11)15-13/h3-9,15-16H,2,13H2,1H3. The Balaban J connectivity index is 2.31. The van der Waals surface area contributed by atoms with Crippen LogP contribution in [-0.2, 0) is 10.0 Å². The molecule has 1 heterocycles. The second kappa shape index (κ2) is 6.31. The summed E-state index contributed by atoms with van der Waals surface area (Å²) in [6.45, 7) is 1.90. The Morgan fingerprint density at radius 1 is 1.40 bits per heavy atom. The van der Waals surface area contributed by atoms with Crippen LogP contribution in [0.2, 0.25) is 0 Å². The molecule has 0 saturated carbocycles. The Labute approximate surface area is 122 Å². The van der Waals surface area contributed by atoms with E-state index in [1.807, 2.05) is 12.3 Å². The summed E-state index contributed by atoms with van der Waals surface area (Å²) < 4.78 is 27.6. The number of hydrogen-bond donors (Lipinski definition) is 3. The number of hydrogen-bond acceptors (Lipinski definition) is 6. The fraction of sp³-hybridized carbons (Fsp3) is 0.250. The van der Waals surface area contributed by atoms with E-state index in [0.717, 1.165) is 5.01 Å². The molecule has 0 fully saturated rings. The molecule has 0 spiro atoms. The first-order valence-corrected chi connectivity index (χ1v) is 8.42. The van der Waals surface area contributed by atoms with Crippen molar-refractivity contribution < 1.29 is 8.42 Å². The highest BCUT2D eigenvalue weighted by atomic mass is 32.2. The van der Waals surface area contributed by atoms with Crippen molar-refractivity contribution >= 4 is 27.0 Å². The van der Waals surface area contributed by atoms with Gasteiger partial charge in [0.2, 0.25) is 10.0 Å². The highest BCUT2D eigenvalue weighted by Gasteiger charge is 2.23. The number of hydrazine groups is 1. The number of rotatable bonds is 6. The van der Waals surface area contributed by atoms with Crippen molar-refractivity contribution in [2.75, 3.05) is 5.43 Å². The molecule has 8 heteroatoms. The van der Waals surface area contributed by atoms with Crippen molar-refractivity contribution in [3.05, 3.63) is 40.8 Å². The second-order valence-corrected chi connectivity index (χ2v) is 6.70. The zero-order chi connectivity index (χ0) is 14.6. The molecule has 2 rings (SSSR count). The molecule has 0 aliphatic heterocycles. The van der Waals surface area contributed by atoms with E-state index in [4.69, 9.17) is 5.84 Å². The van der Waals surface area contributed by atoms with Crippen LogP contribution in [0.5, 0.6) is 0 Å². The van der Waals surface area contributed by atoms with E-state index in [1.54, 1.807) is 24.4 Å². The Morgan fingerprint density at radius 2 is 2.15 bits per heavy atom.